The van der Waals surface area contributed by atoms with E-state index in [1.165, 1.54) is 0 Å². The van der Waals surface area contributed by atoms with Crippen LogP contribution in [0, 0.1) is 0 Å². The van der Waals surface area contributed by atoms with E-state index in [1.54, 1.807) is 6.92 Å². The van der Waals surface area contributed by atoms with Crippen LogP contribution in [0.4, 0.5) is 0 Å². The van der Waals surface area contributed by atoms with Crippen molar-refractivity contribution in [2.45, 2.75) is 39.1 Å². The van der Waals surface area contributed by atoms with Crippen LogP contribution < -0.4 is 10.5 Å². The summed E-state index contributed by atoms with van der Waals surface area (Å²) in [6.07, 6.45) is -1.00. The predicted molar refractivity (Wildman–Crippen MR) is 71.6 cm³/mol. The number of hydrogen-bond donors (Lipinski definition) is 2. The molecule has 4 heteroatoms. The molecule has 3 N–H and O–H groups in total. The van der Waals surface area contributed by atoms with Gasteiger partial charge in [0.1, 0.15) is 5.75 Å². The number of benzene rings is 1. The summed E-state index contributed by atoms with van der Waals surface area (Å²) in [6.45, 7) is 6.47. The molecule has 4 nitrogen and oxygen atoms in total. The first-order chi connectivity index (χ1) is 8.58. The average Bonchev–Trinajstić information content (AvgIpc) is 2.36. The van der Waals surface area contributed by atoms with Crippen molar-refractivity contribution < 1.29 is 14.6 Å². The molecule has 0 aliphatic rings. The minimum atomic E-state index is -0.519. The van der Waals surface area contributed by atoms with Gasteiger partial charge in [0.2, 0.25) is 0 Å². The van der Waals surface area contributed by atoms with Gasteiger partial charge in [-0.05, 0) is 38.5 Å². The molecule has 102 valence electrons. The molecule has 1 aromatic carbocycles. The van der Waals surface area contributed by atoms with Gasteiger partial charge in [0.05, 0.1) is 24.9 Å². The first-order valence-electron chi connectivity index (χ1n) is 6.34. The highest BCUT2D eigenvalue weighted by Crippen LogP contribution is 2.23. The molecular formula is C14H23NO3. The SMILES string of the molecule is CCOc1cccc(C(CN)OC(C)C(C)O)c1. The maximum absolute atomic E-state index is 9.46. The van der Waals surface area contributed by atoms with E-state index in [9.17, 15) is 5.11 Å². The first-order valence-corrected chi connectivity index (χ1v) is 6.34. The smallest absolute Gasteiger partial charge is 0.119 e. The number of aliphatic hydroxyl groups is 1. The molecule has 3 unspecified atom stereocenters. The van der Waals surface area contributed by atoms with Crippen molar-refractivity contribution in [3.05, 3.63) is 29.8 Å². The maximum Gasteiger partial charge on any atom is 0.119 e. The van der Waals surface area contributed by atoms with Crippen LogP contribution in [0.25, 0.3) is 0 Å². The van der Waals surface area contributed by atoms with Gasteiger partial charge in [0.15, 0.2) is 0 Å². The summed E-state index contributed by atoms with van der Waals surface area (Å²) in [5.41, 5.74) is 6.70. The molecule has 0 heterocycles. The van der Waals surface area contributed by atoms with Crippen molar-refractivity contribution in [1.29, 1.82) is 0 Å². The second kappa shape index (κ2) is 7.36. The van der Waals surface area contributed by atoms with E-state index >= 15 is 0 Å². The topological polar surface area (TPSA) is 64.7 Å². The molecule has 0 radical (unpaired) electrons. The van der Waals surface area contributed by atoms with Crippen molar-refractivity contribution in [1.82, 2.24) is 0 Å². The van der Waals surface area contributed by atoms with Crippen molar-refractivity contribution in [3.8, 4) is 5.75 Å². The Morgan fingerprint density at radius 3 is 2.61 bits per heavy atom. The third-order valence-corrected chi connectivity index (χ3v) is 2.81. The van der Waals surface area contributed by atoms with E-state index in [0.29, 0.717) is 13.2 Å². The molecule has 0 aromatic heterocycles. The van der Waals surface area contributed by atoms with Gasteiger partial charge in [-0.2, -0.15) is 0 Å². The fraction of sp³-hybridized carbons (Fsp3) is 0.571. The number of nitrogens with two attached hydrogens (primary N) is 1. The highest BCUT2D eigenvalue weighted by Gasteiger charge is 2.17. The van der Waals surface area contributed by atoms with Crippen LogP contribution >= 0.6 is 0 Å². The third kappa shape index (κ3) is 4.29. The number of hydrogen-bond acceptors (Lipinski definition) is 4. The Bertz CT molecular complexity index is 355. The molecule has 0 aliphatic carbocycles. The van der Waals surface area contributed by atoms with Crippen LogP contribution in [0.2, 0.25) is 0 Å². The number of ether oxygens (including phenoxy) is 2. The molecule has 0 spiro atoms. The van der Waals surface area contributed by atoms with Crippen LogP contribution in [0.15, 0.2) is 24.3 Å². The lowest BCUT2D eigenvalue weighted by Crippen LogP contribution is -2.28. The summed E-state index contributed by atoms with van der Waals surface area (Å²) in [5, 5.41) is 9.46. The standard InChI is InChI=1S/C14H23NO3/c1-4-17-13-7-5-6-12(8-13)14(9-15)18-11(3)10(2)16/h5-8,10-11,14,16H,4,9,15H2,1-3H3. The number of rotatable bonds is 7. The van der Waals surface area contributed by atoms with Crippen LogP contribution in [-0.4, -0.2) is 30.5 Å². The zero-order chi connectivity index (χ0) is 13.5. The molecule has 0 aliphatic heterocycles. The Hall–Kier alpha value is -1.10. The third-order valence-electron chi connectivity index (χ3n) is 2.81. The Balaban J connectivity index is 2.78. The molecule has 0 amide bonds. The largest absolute Gasteiger partial charge is 0.494 e. The summed E-state index contributed by atoms with van der Waals surface area (Å²) >= 11 is 0. The van der Waals surface area contributed by atoms with E-state index in [0.717, 1.165) is 11.3 Å². The highest BCUT2D eigenvalue weighted by molar-refractivity contribution is 5.30. The lowest BCUT2D eigenvalue weighted by atomic mass is 10.1. The molecule has 1 aromatic rings. The maximum atomic E-state index is 9.46. The Labute approximate surface area is 109 Å². The Morgan fingerprint density at radius 2 is 2.06 bits per heavy atom. The quantitative estimate of drug-likeness (QED) is 0.778. The van der Waals surface area contributed by atoms with Gasteiger partial charge in [0.25, 0.3) is 0 Å². The fourth-order valence-corrected chi connectivity index (χ4v) is 1.61. The molecule has 0 saturated heterocycles. The van der Waals surface area contributed by atoms with Crippen LogP contribution in [0.3, 0.4) is 0 Å². The average molecular weight is 253 g/mol. The monoisotopic (exact) mass is 253 g/mol. The van der Waals surface area contributed by atoms with E-state index in [2.05, 4.69) is 0 Å². The summed E-state index contributed by atoms with van der Waals surface area (Å²) < 4.78 is 11.2. The zero-order valence-corrected chi connectivity index (χ0v) is 11.3. The molecule has 0 fully saturated rings. The zero-order valence-electron chi connectivity index (χ0n) is 11.3. The fourth-order valence-electron chi connectivity index (χ4n) is 1.61. The van der Waals surface area contributed by atoms with Crippen molar-refractivity contribution in [2.75, 3.05) is 13.2 Å². The van der Waals surface area contributed by atoms with Gasteiger partial charge in [-0.25, -0.2) is 0 Å². The predicted octanol–water partition coefficient (Wildman–Crippen LogP) is 1.87. The van der Waals surface area contributed by atoms with Crippen molar-refractivity contribution >= 4 is 0 Å². The lowest BCUT2D eigenvalue weighted by Gasteiger charge is -2.23. The van der Waals surface area contributed by atoms with Crippen LogP contribution in [0.1, 0.15) is 32.4 Å². The van der Waals surface area contributed by atoms with Crippen molar-refractivity contribution in [3.63, 3.8) is 0 Å². The molecule has 1 rings (SSSR count). The minimum Gasteiger partial charge on any atom is -0.494 e. The summed E-state index contributed by atoms with van der Waals surface area (Å²) in [6, 6.07) is 7.70. The second-order valence-electron chi connectivity index (χ2n) is 4.31. The summed E-state index contributed by atoms with van der Waals surface area (Å²) in [4.78, 5) is 0. The second-order valence-corrected chi connectivity index (χ2v) is 4.31. The minimum absolute atomic E-state index is 0.227. The lowest BCUT2D eigenvalue weighted by molar-refractivity contribution is -0.0592. The number of aliphatic hydroxyl groups excluding tert-OH is 1. The Kier molecular flexibility index (Phi) is 6.12. The molecule has 3 atom stereocenters. The molecule has 0 saturated carbocycles. The molecule has 0 bridgehead atoms. The normalized spacial score (nSPS) is 16.1. The van der Waals surface area contributed by atoms with Gasteiger partial charge in [-0.3, -0.25) is 0 Å². The van der Waals surface area contributed by atoms with E-state index in [1.807, 2.05) is 38.1 Å². The molecule has 18 heavy (non-hydrogen) atoms. The van der Waals surface area contributed by atoms with Gasteiger partial charge in [-0.1, -0.05) is 12.1 Å². The first kappa shape index (κ1) is 15.0. The van der Waals surface area contributed by atoms with E-state index in [4.69, 9.17) is 15.2 Å². The van der Waals surface area contributed by atoms with Crippen LogP contribution in [0.5, 0.6) is 5.75 Å². The van der Waals surface area contributed by atoms with Gasteiger partial charge >= 0.3 is 0 Å². The van der Waals surface area contributed by atoms with Gasteiger partial charge in [0, 0.05) is 6.54 Å². The van der Waals surface area contributed by atoms with E-state index < -0.39 is 6.10 Å². The summed E-state index contributed by atoms with van der Waals surface area (Å²) in [7, 11) is 0. The van der Waals surface area contributed by atoms with Crippen LogP contribution in [-0.2, 0) is 4.74 Å². The van der Waals surface area contributed by atoms with Gasteiger partial charge in [-0.15, -0.1) is 0 Å². The Morgan fingerprint density at radius 1 is 1.33 bits per heavy atom. The van der Waals surface area contributed by atoms with Crippen molar-refractivity contribution in [2.24, 2.45) is 5.73 Å². The van der Waals surface area contributed by atoms with Gasteiger partial charge < -0.3 is 20.3 Å². The highest BCUT2D eigenvalue weighted by atomic mass is 16.5. The molecular weight excluding hydrogens is 230 g/mol. The van der Waals surface area contributed by atoms with E-state index in [-0.39, 0.29) is 12.2 Å². The summed E-state index contributed by atoms with van der Waals surface area (Å²) in [5.74, 6) is 0.807.